The van der Waals surface area contributed by atoms with Gasteiger partial charge in [-0.25, -0.2) is 8.42 Å². The van der Waals surface area contributed by atoms with E-state index in [0.717, 1.165) is 30.1 Å². The Bertz CT molecular complexity index is 1060. The predicted octanol–water partition coefficient (Wildman–Crippen LogP) is 6.97. The molecule has 0 radical (unpaired) electrons. The molecule has 0 bridgehead atoms. The van der Waals surface area contributed by atoms with Crippen molar-refractivity contribution >= 4 is 21.6 Å². The Kier molecular flexibility index (Phi) is 7.70. The van der Waals surface area contributed by atoms with Crippen molar-refractivity contribution in [3.8, 4) is 0 Å². The minimum Gasteiger partial charge on any atom is -0.341 e. The zero-order chi connectivity index (χ0) is 26.3. The summed E-state index contributed by atoms with van der Waals surface area (Å²) in [6.07, 6.45) is 15.3. The molecule has 5 nitrogen and oxygen atoms in total. The fraction of sp³-hybridized carbons (Fsp3) is 0.774. The van der Waals surface area contributed by atoms with Crippen LogP contribution in [-0.2, 0) is 14.8 Å². The van der Waals surface area contributed by atoms with Gasteiger partial charge in [0.1, 0.15) is 5.88 Å². The van der Waals surface area contributed by atoms with Crippen LogP contribution in [0, 0.1) is 46.3 Å². The van der Waals surface area contributed by atoms with Gasteiger partial charge in [0, 0.05) is 12.1 Å². The molecule has 4 aliphatic carbocycles. The van der Waals surface area contributed by atoms with Crippen molar-refractivity contribution in [1.82, 2.24) is 5.32 Å². The number of fused-ring (bicyclic) bond motifs is 5. The van der Waals surface area contributed by atoms with Gasteiger partial charge in [-0.05, 0) is 116 Å². The van der Waals surface area contributed by atoms with E-state index in [0.29, 0.717) is 34.8 Å². The van der Waals surface area contributed by atoms with Crippen LogP contribution < -0.4 is 10.0 Å². The molecular weight excluding hydrogens is 480 g/mol. The Hall–Kier alpha value is -1.56. The first-order valence-electron chi connectivity index (χ1n) is 14.9. The highest BCUT2D eigenvalue weighted by Gasteiger charge is 2.60. The van der Waals surface area contributed by atoms with E-state index in [1.807, 2.05) is 6.07 Å². The van der Waals surface area contributed by atoms with Crippen molar-refractivity contribution in [3.63, 3.8) is 0 Å². The number of hydrogen-bond donors (Lipinski definition) is 2. The average molecular weight is 529 g/mol. The summed E-state index contributed by atoms with van der Waals surface area (Å²) in [5.41, 5.74) is 1.49. The Morgan fingerprint density at radius 2 is 1.70 bits per heavy atom. The average Bonchev–Trinajstić information content (AvgIpc) is 3.23. The van der Waals surface area contributed by atoms with Crippen molar-refractivity contribution < 1.29 is 13.2 Å². The SMILES string of the molecule is C[C@H](CCC(=O)NCS(=O)(=O)Nc1ccccc1)[C@H]1CCC2C3CC[C@@H]4CCCC[C@]4(C)C3CC[C@@]21C. The van der Waals surface area contributed by atoms with E-state index in [9.17, 15) is 13.2 Å². The van der Waals surface area contributed by atoms with E-state index >= 15 is 0 Å². The molecule has 206 valence electrons. The molecule has 4 saturated carbocycles. The largest absolute Gasteiger partial charge is 0.341 e. The number of carbonyl (C=O) groups is 1. The number of para-hydroxylation sites is 1. The van der Waals surface area contributed by atoms with Crippen molar-refractivity contribution in [2.45, 2.75) is 97.8 Å². The molecule has 3 unspecified atom stereocenters. The minimum absolute atomic E-state index is 0.169. The summed E-state index contributed by atoms with van der Waals surface area (Å²) < 4.78 is 27.2. The van der Waals surface area contributed by atoms with Gasteiger partial charge in [-0.1, -0.05) is 51.8 Å². The van der Waals surface area contributed by atoms with Gasteiger partial charge in [-0.3, -0.25) is 9.52 Å². The van der Waals surface area contributed by atoms with Crippen molar-refractivity contribution in [3.05, 3.63) is 30.3 Å². The van der Waals surface area contributed by atoms with E-state index < -0.39 is 10.0 Å². The van der Waals surface area contributed by atoms with Crippen molar-refractivity contribution in [2.24, 2.45) is 46.3 Å². The quantitative estimate of drug-likeness (QED) is 0.383. The number of sulfonamides is 1. The molecule has 0 aromatic heterocycles. The lowest BCUT2D eigenvalue weighted by molar-refractivity contribution is -0.122. The molecule has 8 atom stereocenters. The molecule has 1 aromatic rings. The fourth-order valence-corrected chi connectivity index (χ4v) is 10.7. The van der Waals surface area contributed by atoms with Gasteiger partial charge in [0.05, 0.1) is 0 Å². The van der Waals surface area contributed by atoms with Crippen LogP contribution in [0.1, 0.15) is 97.8 Å². The Morgan fingerprint density at radius 3 is 2.49 bits per heavy atom. The second-order valence-corrected chi connectivity index (χ2v) is 15.2. The highest BCUT2D eigenvalue weighted by Crippen LogP contribution is 2.68. The number of carbonyl (C=O) groups excluding carboxylic acids is 1. The highest BCUT2D eigenvalue weighted by atomic mass is 32.2. The van der Waals surface area contributed by atoms with Gasteiger partial charge in [-0.2, -0.15) is 0 Å². The molecule has 4 aliphatic rings. The van der Waals surface area contributed by atoms with E-state index in [1.54, 1.807) is 24.3 Å². The van der Waals surface area contributed by atoms with E-state index in [4.69, 9.17) is 0 Å². The smallest absolute Gasteiger partial charge is 0.250 e. The summed E-state index contributed by atoms with van der Waals surface area (Å²) in [5.74, 6) is 4.24. The molecule has 5 rings (SSSR count). The number of anilines is 1. The third-order valence-corrected chi connectivity index (χ3v) is 12.7. The molecule has 0 aliphatic heterocycles. The Balaban J connectivity index is 1.14. The first-order valence-corrected chi connectivity index (χ1v) is 16.6. The van der Waals surface area contributed by atoms with Crippen LogP contribution in [0.5, 0.6) is 0 Å². The van der Waals surface area contributed by atoms with Gasteiger partial charge in [-0.15, -0.1) is 0 Å². The lowest BCUT2D eigenvalue weighted by Crippen LogP contribution is -2.53. The maximum Gasteiger partial charge on any atom is 0.250 e. The topological polar surface area (TPSA) is 75.3 Å². The van der Waals surface area contributed by atoms with E-state index in [1.165, 1.54) is 64.2 Å². The van der Waals surface area contributed by atoms with Crippen LogP contribution in [0.4, 0.5) is 5.69 Å². The van der Waals surface area contributed by atoms with Crippen molar-refractivity contribution in [2.75, 3.05) is 10.6 Å². The summed E-state index contributed by atoms with van der Waals surface area (Å²) in [7, 11) is -3.62. The summed E-state index contributed by atoms with van der Waals surface area (Å²) in [5, 5.41) is 2.63. The first kappa shape index (κ1) is 27.0. The number of benzene rings is 1. The Morgan fingerprint density at radius 1 is 0.946 bits per heavy atom. The van der Waals surface area contributed by atoms with Crippen LogP contribution in [0.25, 0.3) is 0 Å². The summed E-state index contributed by atoms with van der Waals surface area (Å²) >= 11 is 0. The third kappa shape index (κ3) is 5.33. The second-order valence-electron chi connectivity index (χ2n) is 13.5. The summed E-state index contributed by atoms with van der Waals surface area (Å²) in [6.45, 7) is 7.57. The van der Waals surface area contributed by atoms with Crippen LogP contribution in [0.2, 0.25) is 0 Å². The second kappa shape index (κ2) is 10.5. The van der Waals surface area contributed by atoms with Crippen LogP contribution >= 0.6 is 0 Å². The highest BCUT2D eigenvalue weighted by molar-refractivity contribution is 7.92. The minimum atomic E-state index is -3.62. The van der Waals surface area contributed by atoms with E-state index in [-0.39, 0.29) is 11.8 Å². The molecular formula is C31H48N2O3S. The Labute approximate surface area is 225 Å². The molecule has 2 N–H and O–H groups in total. The number of hydrogen-bond acceptors (Lipinski definition) is 3. The summed E-state index contributed by atoms with van der Waals surface area (Å²) in [6, 6.07) is 8.79. The first-order chi connectivity index (χ1) is 17.6. The molecule has 1 aromatic carbocycles. The molecule has 6 heteroatoms. The normalized spacial score (nSPS) is 38.1. The maximum absolute atomic E-state index is 12.6. The zero-order valence-corrected chi connectivity index (χ0v) is 24.0. The van der Waals surface area contributed by atoms with Gasteiger partial charge in [0.25, 0.3) is 10.0 Å². The van der Waals surface area contributed by atoms with Crippen molar-refractivity contribution in [1.29, 1.82) is 0 Å². The molecule has 0 saturated heterocycles. The van der Waals surface area contributed by atoms with Gasteiger partial charge >= 0.3 is 0 Å². The fourth-order valence-electron chi connectivity index (χ4n) is 9.82. The van der Waals surface area contributed by atoms with Crippen LogP contribution in [0.3, 0.4) is 0 Å². The number of nitrogens with one attached hydrogen (secondary N) is 2. The lowest BCUT2D eigenvalue weighted by Gasteiger charge is -2.61. The van der Waals surface area contributed by atoms with Crippen LogP contribution in [0.15, 0.2) is 30.3 Å². The zero-order valence-electron chi connectivity index (χ0n) is 23.2. The third-order valence-electron chi connectivity index (χ3n) is 11.7. The standard InChI is InChI=1S/C31H48N2O3S/c1-22(12-17-29(34)32-21-37(35,36)33-24-10-5-4-6-11-24)26-15-16-27-25-14-13-23-9-7-8-19-30(23,2)28(25)18-20-31(26,27)3/h4-6,10-11,22-23,25-28,33H,7-9,12-21H2,1-3H3,(H,32,34)/t22-,23+,25?,26-,27?,28?,30+,31-/m1/s1. The summed E-state index contributed by atoms with van der Waals surface area (Å²) in [4.78, 5) is 12.6. The predicted molar refractivity (Wildman–Crippen MR) is 150 cm³/mol. The van der Waals surface area contributed by atoms with Crippen LogP contribution in [-0.4, -0.2) is 20.2 Å². The maximum atomic E-state index is 12.6. The van der Waals surface area contributed by atoms with Gasteiger partial charge in [0.15, 0.2) is 0 Å². The monoisotopic (exact) mass is 528 g/mol. The van der Waals surface area contributed by atoms with E-state index in [2.05, 4.69) is 30.8 Å². The molecule has 0 spiro atoms. The molecule has 1 amide bonds. The van der Waals surface area contributed by atoms with Gasteiger partial charge in [0.2, 0.25) is 5.91 Å². The molecule has 37 heavy (non-hydrogen) atoms. The molecule has 0 heterocycles. The number of amides is 1. The van der Waals surface area contributed by atoms with Gasteiger partial charge < -0.3 is 5.32 Å². The molecule has 4 fully saturated rings. The number of rotatable bonds is 8. The lowest BCUT2D eigenvalue weighted by atomic mass is 9.44.